The third-order valence-corrected chi connectivity index (χ3v) is 5.99. The maximum atomic E-state index is 13.2. The number of hydrogen-bond acceptors (Lipinski definition) is 7. The molecule has 0 atom stereocenters. The summed E-state index contributed by atoms with van der Waals surface area (Å²) in [6, 6.07) is -1.05. The largest absolute Gasteiger partial charge is 0.494 e. The van der Waals surface area contributed by atoms with Gasteiger partial charge in [-0.25, -0.2) is 4.79 Å². The Labute approximate surface area is 171 Å². The number of carbonyl (C=O) groups is 2. The molecule has 1 amide bonds. The Kier molecular flexibility index (Phi) is 6.61. The number of carboxylic acids is 1. The molecule has 11 heteroatoms. The summed E-state index contributed by atoms with van der Waals surface area (Å²) in [6.45, 7) is -0.748. The average molecular weight is 425 g/mol. The van der Waals surface area contributed by atoms with Gasteiger partial charge in [0.05, 0.1) is 12.2 Å². The molecular weight excluding hydrogens is 398 g/mol. The summed E-state index contributed by atoms with van der Waals surface area (Å²) in [7, 11) is 0. The van der Waals surface area contributed by atoms with E-state index in [1.54, 1.807) is 0 Å². The second kappa shape index (κ2) is 9.00. The second-order valence-corrected chi connectivity index (χ2v) is 8.03. The molecular formula is C19H27N3O8. The molecule has 30 heavy (non-hydrogen) atoms. The fraction of sp³-hybridized carbons (Fsp3) is 0.684. The quantitative estimate of drug-likeness (QED) is 0.419. The fourth-order valence-corrected chi connectivity index (χ4v) is 4.36. The van der Waals surface area contributed by atoms with E-state index in [-0.39, 0.29) is 0 Å². The molecule has 2 fully saturated rings. The van der Waals surface area contributed by atoms with Gasteiger partial charge in [-0.1, -0.05) is 0 Å². The number of aliphatic hydroxyl groups excluding tert-OH is 2. The van der Waals surface area contributed by atoms with Crippen molar-refractivity contribution in [2.24, 2.45) is 0 Å². The summed E-state index contributed by atoms with van der Waals surface area (Å²) in [5.74, 6) is -3.19. The van der Waals surface area contributed by atoms with Gasteiger partial charge in [0.1, 0.15) is 6.54 Å². The van der Waals surface area contributed by atoms with Gasteiger partial charge in [0.25, 0.3) is 11.5 Å². The highest BCUT2D eigenvalue weighted by molar-refractivity contribution is 5.97. The molecule has 1 aromatic heterocycles. The van der Waals surface area contributed by atoms with Gasteiger partial charge in [0, 0.05) is 12.1 Å². The van der Waals surface area contributed by atoms with Crippen LogP contribution in [0.5, 0.6) is 5.88 Å². The van der Waals surface area contributed by atoms with Gasteiger partial charge in [-0.3, -0.25) is 23.5 Å². The SMILES string of the molecule is O=C(O)CNC(=O)c1c(O)n(C2CCC(O)CC2)c(=O)n(C2CCC(O)CC2)c1=O. The smallest absolute Gasteiger partial charge is 0.334 e. The topological polar surface area (TPSA) is 171 Å². The zero-order valence-electron chi connectivity index (χ0n) is 16.5. The highest BCUT2D eigenvalue weighted by atomic mass is 16.4. The van der Waals surface area contributed by atoms with E-state index < -0.39 is 65.4 Å². The predicted molar refractivity (Wildman–Crippen MR) is 104 cm³/mol. The maximum absolute atomic E-state index is 13.2. The van der Waals surface area contributed by atoms with Crippen molar-refractivity contribution < 1.29 is 30.0 Å². The minimum Gasteiger partial charge on any atom is -0.494 e. The minimum atomic E-state index is -1.32. The Morgan fingerprint density at radius 2 is 1.33 bits per heavy atom. The lowest BCUT2D eigenvalue weighted by molar-refractivity contribution is -0.135. The Morgan fingerprint density at radius 3 is 1.80 bits per heavy atom. The first-order valence-electron chi connectivity index (χ1n) is 10.2. The first-order valence-corrected chi connectivity index (χ1v) is 10.2. The summed E-state index contributed by atoms with van der Waals surface area (Å²) >= 11 is 0. The van der Waals surface area contributed by atoms with Crippen molar-refractivity contribution in [2.75, 3.05) is 6.54 Å². The molecule has 2 saturated carbocycles. The van der Waals surface area contributed by atoms with E-state index in [2.05, 4.69) is 5.32 Å². The number of amides is 1. The van der Waals surface area contributed by atoms with Gasteiger partial charge in [0.2, 0.25) is 5.88 Å². The van der Waals surface area contributed by atoms with Crippen LogP contribution in [-0.2, 0) is 4.79 Å². The summed E-state index contributed by atoms with van der Waals surface area (Å²) in [6.07, 6.45) is 2.07. The van der Waals surface area contributed by atoms with E-state index in [0.717, 1.165) is 9.13 Å². The Hall–Kier alpha value is -2.66. The summed E-state index contributed by atoms with van der Waals surface area (Å²) in [5.41, 5.74) is -2.39. The van der Waals surface area contributed by atoms with Gasteiger partial charge in [-0.15, -0.1) is 0 Å². The number of nitrogens with zero attached hydrogens (tertiary/aromatic N) is 2. The van der Waals surface area contributed by atoms with Gasteiger partial charge in [0.15, 0.2) is 5.56 Å². The summed E-state index contributed by atoms with van der Waals surface area (Å²) < 4.78 is 1.97. The molecule has 0 unspecified atom stereocenters. The lowest BCUT2D eigenvalue weighted by atomic mass is 9.92. The van der Waals surface area contributed by atoms with Crippen molar-refractivity contribution in [1.82, 2.24) is 14.5 Å². The molecule has 166 valence electrons. The molecule has 1 aromatic rings. The number of nitrogens with one attached hydrogen (secondary N) is 1. The molecule has 0 radical (unpaired) electrons. The molecule has 2 aliphatic carbocycles. The third kappa shape index (κ3) is 4.41. The van der Waals surface area contributed by atoms with Crippen molar-refractivity contribution in [1.29, 1.82) is 0 Å². The van der Waals surface area contributed by atoms with E-state index in [0.29, 0.717) is 51.4 Å². The normalized spacial score (nSPS) is 26.9. The number of hydrogen-bond donors (Lipinski definition) is 5. The van der Waals surface area contributed by atoms with Crippen LogP contribution in [0.2, 0.25) is 0 Å². The van der Waals surface area contributed by atoms with Gasteiger partial charge >= 0.3 is 11.7 Å². The average Bonchev–Trinajstić information content (AvgIpc) is 2.69. The van der Waals surface area contributed by atoms with E-state index in [1.807, 2.05) is 0 Å². The van der Waals surface area contributed by atoms with Crippen LogP contribution in [0.15, 0.2) is 9.59 Å². The molecule has 0 aliphatic heterocycles. The van der Waals surface area contributed by atoms with Crippen LogP contribution in [0, 0.1) is 0 Å². The molecule has 1 heterocycles. The van der Waals surface area contributed by atoms with Crippen LogP contribution in [-0.4, -0.2) is 60.2 Å². The Balaban J connectivity index is 2.11. The van der Waals surface area contributed by atoms with Crippen molar-refractivity contribution in [3.63, 3.8) is 0 Å². The number of aromatic nitrogens is 2. The molecule has 0 spiro atoms. The van der Waals surface area contributed by atoms with Crippen molar-refractivity contribution in [2.45, 2.75) is 75.7 Å². The molecule has 0 aromatic carbocycles. The highest BCUT2D eigenvalue weighted by Crippen LogP contribution is 2.32. The fourth-order valence-electron chi connectivity index (χ4n) is 4.36. The zero-order valence-corrected chi connectivity index (χ0v) is 16.5. The predicted octanol–water partition coefficient (Wildman–Crippen LogP) is -0.518. The first kappa shape index (κ1) is 22.0. The Morgan fingerprint density at radius 1 is 0.867 bits per heavy atom. The molecule has 11 nitrogen and oxygen atoms in total. The zero-order chi connectivity index (χ0) is 22.0. The van der Waals surface area contributed by atoms with Crippen molar-refractivity contribution in [3.8, 4) is 5.88 Å². The lowest BCUT2D eigenvalue weighted by Gasteiger charge is -2.31. The van der Waals surface area contributed by atoms with Gasteiger partial charge < -0.3 is 25.7 Å². The van der Waals surface area contributed by atoms with Crippen molar-refractivity contribution >= 4 is 11.9 Å². The molecule has 2 aliphatic rings. The van der Waals surface area contributed by atoms with E-state index in [4.69, 9.17) is 5.11 Å². The number of carboxylic acid groups (broad SMARTS) is 1. The molecule has 0 bridgehead atoms. The number of aliphatic carboxylic acids is 1. The minimum absolute atomic E-state index is 0.362. The van der Waals surface area contributed by atoms with Gasteiger partial charge in [-0.05, 0) is 51.4 Å². The van der Waals surface area contributed by atoms with E-state index in [9.17, 15) is 34.5 Å². The first-order chi connectivity index (χ1) is 14.2. The standard InChI is InChI=1S/C19H27N3O8/c23-12-5-1-10(2-6-12)21-17(28)15(16(27)20-9-14(25)26)18(29)22(19(21)30)11-3-7-13(24)8-4-11/h10-13,23-24,28H,1-9H2,(H,20,27)(H,25,26). The van der Waals surface area contributed by atoms with Crippen LogP contribution in [0.1, 0.15) is 73.8 Å². The number of aliphatic hydroxyl groups is 2. The molecule has 3 rings (SSSR count). The van der Waals surface area contributed by atoms with E-state index >= 15 is 0 Å². The number of rotatable bonds is 5. The summed E-state index contributed by atoms with van der Waals surface area (Å²) in [4.78, 5) is 49.6. The van der Waals surface area contributed by atoms with Crippen LogP contribution in [0.3, 0.4) is 0 Å². The highest BCUT2D eigenvalue weighted by Gasteiger charge is 2.33. The monoisotopic (exact) mass is 425 g/mol. The van der Waals surface area contributed by atoms with Crippen LogP contribution >= 0.6 is 0 Å². The van der Waals surface area contributed by atoms with Crippen molar-refractivity contribution in [3.05, 3.63) is 26.4 Å². The molecule has 0 saturated heterocycles. The number of carbonyl (C=O) groups excluding carboxylic acids is 1. The molecule has 5 N–H and O–H groups in total. The maximum Gasteiger partial charge on any atom is 0.334 e. The van der Waals surface area contributed by atoms with E-state index in [1.165, 1.54) is 0 Å². The Bertz CT molecular complexity index is 921. The number of aromatic hydroxyl groups is 1. The summed E-state index contributed by atoms with van der Waals surface area (Å²) in [5, 5.41) is 41.1. The van der Waals surface area contributed by atoms with Crippen LogP contribution in [0.25, 0.3) is 0 Å². The van der Waals surface area contributed by atoms with Crippen LogP contribution < -0.4 is 16.6 Å². The van der Waals surface area contributed by atoms with Gasteiger partial charge in [-0.2, -0.15) is 0 Å². The third-order valence-electron chi connectivity index (χ3n) is 5.99. The lowest BCUT2D eigenvalue weighted by Crippen LogP contribution is -2.48. The second-order valence-electron chi connectivity index (χ2n) is 8.03. The van der Waals surface area contributed by atoms with Crippen LogP contribution in [0.4, 0.5) is 0 Å².